The van der Waals surface area contributed by atoms with Crippen LogP contribution in [-0.2, 0) is 13.0 Å². The lowest BCUT2D eigenvalue weighted by molar-refractivity contribution is -0.384. The Bertz CT molecular complexity index is 1220. The Morgan fingerprint density at radius 2 is 2.00 bits per heavy atom. The second kappa shape index (κ2) is 8.38. The lowest BCUT2D eigenvalue weighted by Gasteiger charge is -2.19. The molecule has 0 saturated heterocycles. The van der Waals surface area contributed by atoms with Gasteiger partial charge in [-0.05, 0) is 42.3 Å². The first kappa shape index (κ1) is 19.7. The van der Waals surface area contributed by atoms with Gasteiger partial charge < -0.3 is 0 Å². The third kappa shape index (κ3) is 4.04. The van der Waals surface area contributed by atoms with Crippen LogP contribution in [0.5, 0.6) is 0 Å². The van der Waals surface area contributed by atoms with Gasteiger partial charge in [-0.3, -0.25) is 24.8 Å². The maximum absolute atomic E-state index is 13.4. The van der Waals surface area contributed by atoms with Crippen molar-refractivity contribution in [2.24, 2.45) is 0 Å². The highest BCUT2D eigenvalue weighted by atomic mass is 32.1. The first-order chi connectivity index (χ1) is 14.5. The number of amides is 1. The zero-order chi connectivity index (χ0) is 21.1. The Kier molecular flexibility index (Phi) is 5.49. The van der Waals surface area contributed by atoms with E-state index in [1.165, 1.54) is 40.0 Å². The number of nitro groups is 1. The summed E-state index contributed by atoms with van der Waals surface area (Å²) < 4.78 is 0.988. The molecule has 30 heavy (non-hydrogen) atoms. The van der Waals surface area contributed by atoms with E-state index in [1.807, 2.05) is 24.3 Å². The smallest absolute Gasteiger partial charge is 0.270 e. The number of anilines is 1. The number of nitro benzene ring substituents is 1. The van der Waals surface area contributed by atoms with Gasteiger partial charge in [0.2, 0.25) is 0 Å². The number of rotatable bonds is 6. The summed E-state index contributed by atoms with van der Waals surface area (Å²) in [5.74, 6) is -0.362. The number of fused-ring (bicyclic) bond motifs is 1. The zero-order valence-corrected chi connectivity index (χ0v) is 17.0. The van der Waals surface area contributed by atoms with E-state index in [-0.39, 0.29) is 23.7 Å². The second-order valence-corrected chi connectivity index (χ2v) is 7.68. The normalized spacial score (nSPS) is 10.8. The van der Waals surface area contributed by atoms with Crippen LogP contribution < -0.4 is 4.90 Å². The number of carbonyl (C=O) groups is 1. The molecule has 2 aromatic heterocycles. The monoisotopic (exact) mass is 418 g/mol. The number of non-ortho nitro benzene ring substituents is 1. The summed E-state index contributed by atoms with van der Waals surface area (Å²) in [7, 11) is 0. The predicted molar refractivity (Wildman–Crippen MR) is 117 cm³/mol. The minimum absolute atomic E-state index is 0.129. The molecular formula is C22H18N4O3S. The van der Waals surface area contributed by atoms with Crippen LogP contribution in [0, 0.1) is 10.1 Å². The van der Waals surface area contributed by atoms with Crippen molar-refractivity contribution in [3.05, 3.63) is 93.8 Å². The third-order valence-electron chi connectivity index (χ3n) is 4.68. The fourth-order valence-corrected chi connectivity index (χ4v) is 4.11. The highest BCUT2D eigenvalue weighted by Gasteiger charge is 2.23. The summed E-state index contributed by atoms with van der Waals surface area (Å²) >= 11 is 1.42. The van der Waals surface area contributed by atoms with E-state index in [9.17, 15) is 14.9 Å². The minimum atomic E-state index is -0.510. The Hall–Kier alpha value is -3.65. The maximum atomic E-state index is 13.4. The van der Waals surface area contributed by atoms with Crippen LogP contribution >= 0.6 is 11.3 Å². The van der Waals surface area contributed by atoms with Gasteiger partial charge in [-0.15, -0.1) is 0 Å². The van der Waals surface area contributed by atoms with E-state index in [0.29, 0.717) is 10.8 Å². The van der Waals surface area contributed by atoms with Crippen LogP contribution in [0.25, 0.3) is 10.2 Å². The van der Waals surface area contributed by atoms with Gasteiger partial charge >= 0.3 is 0 Å². The summed E-state index contributed by atoms with van der Waals surface area (Å²) in [6.07, 6.45) is 2.57. The molecule has 0 N–H and O–H groups in total. The van der Waals surface area contributed by atoms with Crippen molar-refractivity contribution in [1.29, 1.82) is 0 Å². The van der Waals surface area contributed by atoms with Crippen molar-refractivity contribution in [1.82, 2.24) is 9.97 Å². The van der Waals surface area contributed by atoms with Gasteiger partial charge in [-0.25, -0.2) is 4.98 Å². The molecule has 0 unspecified atom stereocenters. The molecule has 1 amide bonds. The zero-order valence-electron chi connectivity index (χ0n) is 16.2. The molecule has 150 valence electrons. The number of aryl methyl sites for hydroxylation is 1. The van der Waals surface area contributed by atoms with Crippen molar-refractivity contribution < 1.29 is 9.72 Å². The Balaban J connectivity index is 1.77. The first-order valence-corrected chi connectivity index (χ1v) is 10.2. The molecule has 0 aliphatic heterocycles. The molecule has 0 saturated carbocycles. The molecule has 8 heteroatoms. The fraction of sp³-hybridized carbons (Fsp3) is 0.136. The van der Waals surface area contributed by atoms with E-state index in [2.05, 4.69) is 23.0 Å². The Morgan fingerprint density at radius 3 is 2.73 bits per heavy atom. The van der Waals surface area contributed by atoms with Crippen LogP contribution in [0.3, 0.4) is 0 Å². The van der Waals surface area contributed by atoms with Gasteiger partial charge in [-0.1, -0.05) is 36.5 Å². The molecule has 0 bridgehead atoms. The summed E-state index contributed by atoms with van der Waals surface area (Å²) in [4.78, 5) is 34.5. The van der Waals surface area contributed by atoms with E-state index in [1.54, 1.807) is 18.3 Å². The van der Waals surface area contributed by atoms with Gasteiger partial charge in [-0.2, -0.15) is 0 Å². The van der Waals surface area contributed by atoms with Crippen molar-refractivity contribution in [3.63, 3.8) is 0 Å². The molecule has 2 heterocycles. The van der Waals surface area contributed by atoms with Crippen LogP contribution in [0.15, 0.2) is 66.9 Å². The molecule has 4 rings (SSSR count). The number of pyridine rings is 1. The number of aromatic nitrogens is 2. The molecule has 0 aliphatic rings. The van der Waals surface area contributed by atoms with Gasteiger partial charge in [0.15, 0.2) is 5.13 Å². The molecule has 0 aliphatic carbocycles. The van der Waals surface area contributed by atoms with E-state index in [0.717, 1.165) is 16.6 Å². The lowest BCUT2D eigenvalue weighted by Crippen LogP contribution is -2.30. The summed E-state index contributed by atoms with van der Waals surface area (Å²) in [6, 6.07) is 17.3. The molecule has 4 aromatic rings. The van der Waals surface area contributed by atoms with Crippen LogP contribution in [0.1, 0.15) is 28.5 Å². The van der Waals surface area contributed by atoms with Crippen molar-refractivity contribution in [3.8, 4) is 0 Å². The van der Waals surface area contributed by atoms with Crippen molar-refractivity contribution in [2.45, 2.75) is 19.9 Å². The van der Waals surface area contributed by atoms with Gasteiger partial charge in [0.1, 0.15) is 0 Å². The molecule has 0 spiro atoms. The summed E-state index contributed by atoms with van der Waals surface area (Å²) in [5.41, 5.74) is 2.80. The molecule has 0 atom stereocenters. The van der Waals surface area contributed by atoms with E-state index < -0.39 is 4.92 Å². The number of carbonyl (C=O) groups excluding carboxylic acids is 1. The average molecular weight is 418 g/mol. The molecule has 0 fully saturated rings. The van der Waals surface area contributed by atoms with Crippen molar-refractivity contribution >= 4 is 38.3 Å². The van der Waals surface area contributed by atoms with Crippen LogP contribution in [0.4, 0.5) is 10.8 Å². The van der Waals surface area contributed by atoms with E-state index in [4.69, 9.17) is 0 Å². The number of thiazole rings is 1. The average Bonchev–Trinajstić information content (AvgIpc) is 3.20. The Labute approximate surface area is 176 Å². The minimum Gasteiger partial charge on any atom is -0.278 e. The van der Waals surface area contributed by atoms with Gasteiger partial charge in [0.05, 0.1) is 27.4 Å². The topological polar surface area (TPSA) is 89.2 Å². The Morgan fingerprint density at radius 1 is 1.13 bits per heavy atom. The fourth-order valence-electron chi connectivity index (χ4n) is 3.08. The molecule has 2 aromatic carbocycles. The highest BCUT2D eigenvalue weighted by Crippen LogP contribution is 2.32. The number of benzene rings is 2. The quantitative estimate of drug-likeness (QED) is 0.324. The highest BCUT2D eigenvalue weighted by molar-refractivity contribution is 7.22. The van der Waals surface area contributed by atoms with Gasteiger partial charge in [0.25, 0.3) is 11.6 Å². The number of nitrogens with zero attached hydrogens (tertiary/aromatic N) is 4. The van der Waals surface area contributed by atoms with Crippen LogP contribution in [0.2, 0.25) is 0 Å². The second-order valence-electron chi connectivity index (χ2n) is 6.67. The molecular weight excluding hydrogens is 400 g/mol. The third-order valence-corrected chi connectivity index (χ3v) is 5.72. The number of hydrogen-bond donors (Lipinski definition) is 0. The first-order valence-electron chi connectivity index (χ1n) is 9.41. The molecule has 7 nitrogen and oxygen atoms in total. The standard InChI is InChI=1S/C22H18N4O3S/c1-2-15-9-10-19-20(12-15)30-22(24-19)25(14-17-7-3-4-11-23-17)21(27)16-6-5-8-18(13-16)26(28)29/h3-13H,2,14H2,1H3. The predicted octanol–water partition coefficient (Wildman–Crippen LogP) is 5.01. The van der Waals surface area contributed by atoms with Crippen molar-refractivity contribution in [2.75, 3.05) is 4.90 Å². The maximum Gasteiger partial charge on any atom is 0.270 e. The SMILES string of the molecule is CCc1ccc2nc(N(Cc3ccccn3)C(=O)c3cccc([N+](=O)[O-])c3)sc2c1. The van der Waals surface area contributed by atoms with Gasteiger partial charge in [0, 0.05) is 23.9 Å². The summed E-state index contributed by atoms with van der Waals surface area (Å²) in [5, 5.41) is 11.7. The lowest BCUT2D eigenvalue weighted by atomic mass is 10.1. The summed E-state index contributed by atoms with van der Waals surface area (Å²) in [6.45, 7) is 2.30. The van der Waals surface area contributed by atoms with E-state index >= 15 is 0 Å². The largest absolute Gasteiger partial charge is 0.278 e. The van der Waals surface area contributed by atoms with Crippen LogP contribution in [-0.4, -0.2) is 20.8 Å². The number of hydrogen-bond acceptors (Lipinski definition) is 6. The molecule has 0 radical (unpaired) electrons.